The Hall–Kier alpha value is -1.94. The highest BCUT2D eigenvalue weighted by molar-refractivity contribution is 5.31. The Morgan fingerprint density at radius 1 is 1.09 bits per heavy atom. The molecule has 3 aliphatic carbocycles. The van der Waals surface area contributed by atoms with Crippen LogP contribution in [0.2, 0.25) is 0 Å². The molecule has 2 saturated carbocycles. The fourth-order valence-electron chi connectivity index (χ4n) is 6.14. The Balaban J connectivity index is 1.27. The van der Waals surface area contributed by atoms with Gasteiger partial charge >= 0.3 is 0 Å². The van der Waals surface area contributed by atoms with Crippen LogP contribution in [0.5, 0.6) is 0 Å². The van der Waals surface area contributed by atoms with Crippen molar-refractivity contribution in [2.45, 2.75) is 82.9 Å². The molecule has 1 aromatic rings. The second kappa shape index (κ2) is 11.2. The number of fused-ring (bicyclic) bond motifs is 1. The first-order valence-electron chi connectivity index (χ1n) is 13.1. The van der Waals surface area contributed by atoms with Gasteiger partial charge < -0.3 is 9.47 Å². The molecule has 186 valence electrons. The number of benzene rings is 1. The minimum absolute atomic E-state index is 0.0141. The Morgan fingerprint density at radius 2 is 1.82 bits per heavy atom. The molecule has 0 spiro atoms. The zero-order chi connectivity index (χ0) is 24.1. The topological polar surface area (TPSA) is 18.5 Å². The van der Waals surface area contributed by atoms with Crippen molar-refractivity contribution in [3.8, 4) is 0 Å². The third kappa shape index (κ3) is 5.64. The molecule has 6 unspecified atom stereocenters. The Kier molecular flexibility index (Phi) is 8.29. The summed E-state index contributed by atoms with van der Waals surface area (Å²) >= 11 is 0. The SMILES string of the molecule is C=CCCc1ccc(C2CCC3CC(COC4(C)C=CC(OCC)=C(F)C4F)CCC3C2)cc1. The van der Waals surface area contributed by atoms with Crippen molar-refractivity contribution in [2.75, 3.05) is 13.2 Å². The molecule has 4 heteroatoms. The number of hydrogen-bond donors (Lipinski definition) is 0. The Morgan fingerprint density at radius 3 is 2.56 bits per heavy atom. The van der Waals surface area contributed by atoms with Crippen molar-refractivity contribution in [3.05, 3.63) is 71.8 Å². The number of halogens is 2. The van der Waals surface area contributed by atoms with Crippen molar-refractivity contribution in [3.63, 3.8) is 0 Å². The summed E-state index contributed by atoms with van der Waals surface area (Å²) < 4.78 is 40.5. The van der Waals surface area contributed by atoms with E-state index in [1.807, 2.05) is 6.08 Å². The number of ether oxygens (including phenoxy) is 2. The van der Waals surface area contributed by atoms with Crippen LogP contribution in [0.3, 0.4) is 0 Å². The van der Waals surface area contributed by atoms with Gasteiger partial charge in [0.25, 0.3) is 0 Å². The number of aryl methyl sites for hydroxylation is 1. The Bertz CT molecular complexity index is 890. The van der Waals surface area contributed by atoms with E-state index in [4.69, 9.17) is 9.47 Å². The molecular weight excluding hydrogens is 430 g/mol. The molecule has 3 aliphatic rings. The first-order chi connectivity index (χ1) is 16.4. The lowest BCUT2D eigenvalue weighted by Crippen LogP contribution is -2.42. The van der Waals surface area contributed by atoms with E-state index < -0.39 is 17.6 Å². The summed E-state index contributed by atoms with van der Waals surface area (Å²) in [6.07, 6.45) is 12.6. The molecule has 1 aromatic carbocycles. The van der Waals surface area contributed by atoms with Gasteiger partial charge in [-0.1, -0.05) is 30.3 Å². The van der Waals surface area contributed by atoms with Crippen molar-refractivity contribution in [2.24, 2.45) is 17.8 Å². The van der Waals surface area contributed by atoms with E-state index >= 15 is 0 Å². The van der Waals surface area contributed by atoms with E-state index in [2.05, 4.69) is 30.8 Å². The summed E-state index contributed by atoms with van der Waals surface area (Å²) in [5, 5.41) is 0. The van der Waals surface area contributed by atoms with Crippen LogP contribution in [0, 0.1) is 17.8 Å². The molecule has 2 fully saturated rings. The smallest absolute Gasteiger partial charge is 0.187 e. The van der Waals surface area contributed by atoms with Gasteiger partial charge in [0.2, 0.25) is 0 Å². The number of rotatable bonds is 9. The minimum Gasteiger partial charge on any atom is -0.491 e. The molecule has 0 bridgehead atoms. The summed E-state index contributed by atoms with van der Waals surface area (Å²) in [6, 6.07) is 9.23. The van der Waals surface area contributed by atoms with Gasteiger partial charge in [-0.3, -0.25) is 0 Å². The van der Waals surface area contributed by atoms with Crippen molar-refractivity contribution < 1.29 is 18.3 Å². The van der Waals surface area contributed by atoms with Crippen molar-refractivity contribution in [1.29, 1.82) is 0 Å². The fourth-order valence-corrected chi connectivity index (χ4v) is 6.14. The highest BCUT2D eigenvalue weighted by Crippen LogP contribution is 2.48. The third-order valence-corrected chi connectivity index (χ3v) is 8.27. The van der Waals surface area contributed by atoms with Crippen molar-refractivity contribution >= 4 is 0 Å². The standard InChI is InChI=1S/C30H40F2O2/c1-4-6-7-21-8-11-23(12-9-21)25-15-14-24-18-22(10-13-26(24)19-25)20-34-30(3)17-16-27(33-5-2)28(31)29(30)32/h4,8-9,11-12,16-17,22,24-26,29H,1,5-7,10,13-15,18-20H2,2-3H3. The van der Waals surface area contributed by atoms with Crippen LogP contribution < -0.4 is 0 Å². The predicted molar refractivity (Wildman–Crippen MR) is 134 cm³/mol. The van der Waals surface area contributed by atoms with E-state index in [1.165, 1.54) is 42.9 Å². The molecule has 34 heavy (non-hydrogen) atoms. The first-order valence-corrected chi connectivity index (χ1v) is 13.1. The van der Waals surface area contributed by atoms with Crippen LogP contribution in [0.25, 0.3) is 0 Å². The van der Waals surface area contributed by atoms with Crippen LogP contribution >= 0.6 is 0 Å². The largest absolute Gasteiger partial charge is 0.491 e. The normalized spacial score (nSPS) is 33.5. The predicted octanol–water partition coefficient (Wildman–Crippen LogP) is 8.01. The van der Waals surface area contributed by atoms with E-state index in [1.54, 1.807) is 19.9 Å². The fraction of sp³-hybridized carbons (Fsp3) is 0.600. The summed E-state index contributed by atoms with van der Waals surface area (Å²) in [6.45, 7) is 8.00. The second-order valence-electron chi connectivity index (χ2n) is 10.6. The molecule has 0 saturated heterocycles. The lowest BCUT2D eigenvalue weighted by molar-refractivity contribution is -0.0719. The van der Waals surface area contributed by atoms with Gasteiger partial charge in [0, 0.05) is 0 Å². The summed E-state index contributed by atoms with van der Waals surface area (Å²) in [5.74, 6) is 1.70. The maximum absolute atomic E-state index is 14.8. The summed E-state index contributed by atoms with van der Waals surface area (Å²) in [4.78, 5) is 0. The van der Waals surface area contributed by atoms with Gasteiger partial charge in [-0.15, -0.1) is 6.58 Å². The van der Waals surface area contributed by atoms with E-state index in [0.717, 1.165) is 37.5 Å². The summed E-state index contributed by atoms with van der Waals surface area (Å²) in [7, 11) is 0. The zero-order valence-corrected chi connectivity index (χ0v) is 20.8. The average Bonchev–Trinajstić information content (AvgIpc) is 2.87. The van der Waals surface area contributed by atoms with Gasteiger partial charge in [0.15, 0.2) is 17.8 Å². The molecule has 0 N–H and O–H groups in total. The Labute approximate surface area is 204 Å². The molecule has 4 rings (SSSR count). The van der Waals surface area contributed by atoms with E-state index in [-0.39, 0.29) is 5.76 Å². The number of alkyl halides is 1. The lowest BCUT2D eigenvalue weighted by atomic mass is 9.64. The van der Waals surface area contributed by atoms with Crippen LogP contribution in [0.1, 0.15) is 75.8 Å². The minimum atomic E-state index is -1.83. The van der Waals surface area contributed by atoms with Gasteiger partial charge in [0.1, 0.15) is 5.60 Å². The van der Waals surface area contributed by atoms with E-state index in [0.29, 0.717) is 25.0 Å². The van der Waals surface area contributed by atoms with Crippen LogP contribution in [0.15, 0.2) is 60.7 Å². The van der Waals surface area contributed by atoms with Crippen LogP contribution in [-0.2, 0) is 15.9 Å². The molecule has 0 heterocycles. The number of hydrogen-bond acceptors (Lipinski definition) is 2. The number of allylic oxidation sites excluding steroid dienone is 2. The van der Waals surface area contributed by atoms with Gasteiger partial charge in [-0.25, -0.2) is 8.78 Å². The molecular formula is C30H40F2O2. The van der Waals surface area contributed by atoms with Crippen LogP contribution in [-0.4, -0.2) is 25.0 Å². The maximum Gasteiger partial charge on any atom is 0.187 e. The van der Waals surface area contributed by atoms with E-state index in [9.17, 15) is 8.78 Å². The molecule has 0 aromatic heterocycles. The highest BCUT2D eigenvalue weighted by Gasteiger charge is 2.42. The molecule has 2 nitrogen and oxygen atoms in total. The lowest BCUT2D eigenvalue weighted by Gasteiger charge is -2.43. The monoisotopic (exact) mass is 470 g/mol. The van der Waals surface area contributed by atoms with Gasteiger partial charge in [-0.2, -0.15) is 0 Å². The maximum atomic E-state index is 14.8. The molecule has 0 radical (unpaired) electrons. The zero-order valence-electron chi connectivity index (χ0n) is 20.8. The van der Waals surface area contributed by atoms with Crippen LogP contribution in [0.4, 0.5) is 8.78 Å². The highest BCUT2D eigenvalue weighted by atomic mass is 19.2. The molecule has 0 amide bonds. The molecule has 0 aliphatic heterocycles. The summed E-state index contributed by atoms with van der Waals surface area (Å²) in [5.41, 5.74) is 1.61. The molecule has 6 atom stereocenters. The second-order valence-corrected chi connectivity index (χ2v) is 10.6. The third-order valence-electron chi connectivity index (χ3n) is 8.27. The quantitative estimate of drug-likeness (QED) is 0.340. The average molecular weight is 471 g/mol. The van der Waals surface area contributed by atoms with Crippen molar-refractivity contribution in [1.82, 2.24) is 0 Å². The van der Waals surface area contributed by atoms with Gasteiger partial charge in [-0.05, 0) is 112 Å². The first kappa shape index (κ1) is 25.2. The van der Waals surface area contributed by atoms with Gasteiger partial charge in [0.05, 0.1) is 13.2 Å².